The maximum absolute atomic E-state index is 13.9. The molecule has 39 heavy (non-hydrogen) atoms. The minimum absolute atomic E-state index is 0.0491. The maximum atomic E-state index is 13.9. The number of hydrogen-bond acceptors (Lipinski definition) is 4. The third-order valence-electron chi connectivity index (χ3n) is 6.49. The van der Waals surface area contributed by atoms with E-state index in [1.165, 1.54) is 17.0 Å². The van der Waals surface area contributed by atoms with E-state index in [0.29, 0.717) is 27.7 Å². The second-order valence-electron chi connectivity index (χ2n) is 9.38. The van der Waals surface area contributed by atoms with Crippen molar-refractivity contribution in [2.75, 3.05) is 10.8 Å². The van der Waals surface area contributed by atoms with E-state index in [4.69, 9.17) is 23.2 Å². The van der Waals surface area contributed by atoms with Gasteiger partial charge in [0.15, 0.2) is 0 Å². The van der Waals surface area contributed by atoms with Crippen LogP contribution in [0, 0.1) is 6.92 Å². The summed E-state index contributed by atoms with van der Waals surface area (Å²) in [5.41, 5.74) is 1.68. The summed E-state index contributed by atoms with van der Waals surface area (Å²) in [4.78, 5) is 28.4. The number of rotatable bonds is 11. The van der Waals surface area contributed by atoms with Gasteiger partial charge in [-0.15, -0.1) is 0 Å². The lowest BCUT2D eigenvalue weighted by Gasteiger charge is -2.32. The normalized spacial score (nSPS) is 12.9. The first-order chi connectivity index (χ1) is 18.4. The Kier molecular flexibility index (Phi) is 10.4. The Bertz CT molecular complexity index is 1380. The third-order valence-corrected chi connectivity index (χ3v) is 8.99. The number of hydrogen-bond donors (Lipinski definition) is 1. The van der Waals surface area contributed by atoms with Crippen LogP contribution >= 0.6 is 23.2 Å². The number of halogens is 2. The molecule has 3 aromatic carbocycles. The van der Waals surface area contributed by atoms with Crippen LogP contribution in [-0.2, 0) is 26.2 Å². The quantitative estimate of drug-likeness (QED) is 0.305. The van der Waals surface area contributed by atoms with Crippen LogP contribution in [0.4, 0.5) is 5.69 Å². The SMILES string of the molecule is CC[C@H](C)NC(=O)[C@H](C)N(Cc1c(Cl)cccc1Cl)C(=O)CN(c1ccccc1)S(=O)(=O)c1ccc(C)cc1. The lowest BCUT2D eigenvalue weighted by molar-refractivity contribution is -0.139. The molecule has 0 fully saturated rings. The molecule has 10 heteroatoms. The van der Waals surface area contributed by atoms with Crippen LogP contribution in [0.3, 0.4) is 0 Å². The Morgan fingerprint density at radius 3 is 2.05 bits per heavy atom. The van der Waals surface area contributed by atoms with Gasteiger partial charge >= 0.3 is 0 Å². The summed E-state index contributed by atoms with van der Waals surface area (Å²) in [5.74, 6) is -0.953. The maximum Gasteiger partial charge on any atom is 0.264 e. The summed E-state index contributed by atoms with van der Waals surface area (Å²) < 4.78 is 28.6. The molecule has 2 amide bonds. The minimum atomic E-state index is -4.12. The van der Waals surface area contributed by atoms with Crippen LogP contribution in [0.1, 0.15) is 38.3 Å². The molecule has 0 aliphatic heterocycles. The van der Waals surface area contributed by atoms with Crippen molar-refractivity contribution in [2.45, 2.75) is 57.6 Å². The first kappa shape index (κ1) is 30.5. The zero-order valence-electron chi connectivity index (χ0n) is 22.4. The van der Waals surface area contributed by atoms with Gasteiger partial charge in [-0.05, 0) is 63.6 Å². The third kappa shape index (κ3) is 7.53. The van der Waals surface area contributed by atoms with E-state index in [1.807, 2.05) is 20.8 Å². The summed E-state index contributed by atoms with van der Waals surface area (Å²) in [7, 11) is -4.12. The summed E-state index contributed by atoms with van der Waals surface area (Å²) in [5, 5.41) is 3.57. The van der Waals surface area contributed by atoms with Crippen molar-refractivity contribution in [3.05, 3.63) is 94.0 Å². The van der Waals surface area contributed by atoms with Gasteiger partial charge in [-0.3, -0.25) is 13.9 Å². The number of sulfonamides is 1. The molecule has 0 aliphatic carbocycles. The molecular weight excluding hydrogens is 557 g/mol. The van der Waals surface area contributed by atoms with E-state index in [1.54, 1.807) is 67.6 Å². The molecule has 3 aromatic rings. The van der Waals surface area contributed by atoms with Crippen LogP contribution in [-0.4, -0.2) is 43.8 Å². The molecule has 0 aromatic heterocycles. The molecule has 1 N–H and O–H groups in total. The fraction of sp³-hybridized carbons (Fsp3) is 0.310. The largest absolute Gasteiger partial charge is 0.352 e. The number of carbonyl (C=O) groups is 2. The van der Waals surface area contributed by atoms with Crippen molar-refractivity contribution in [3.63, 3.8) is 0 Å². The van der Waals surface area contributed by atoms with Crippen LogP contribution < -0.4 is 9.62 Å². The Morgan fingerprint density at radius 1 is 0.897 bits per heavy atom. The molecule has 0 saturated heterocycles. The van der Waals surface area contributed by atoms with Crippen molar-refractivity contribution < 1.29 is 18.0 Å². The highest BCUT2D eigenvalue weighted by Gasteiger charge is 2.33. The summed E-state index contributed by atoms with van der Waals surface area (Å²) >= 11 is 12.8. The van der Waals surface area contributed by atoms with Gasteiger partial charge in [-0.1, -0.05) is 72.1 Å². The van der Waals surface area contributed by atoms with Crippen LogP contribution in [0.25, 0.3) is 0 Å². The molecule has 7 nitrogen and oxygen atoms in total. The van der Waals surface area contributed by atoms with Gasteiger partial charge in [0.05, 0.1) is 10.6 Å². The molecular formula is C29H33Cl2N3O4S. The first-order valence-electron chi connectivity index (χ1n) is 12.6. The van der Waals surface area contributed by atoms with Gasteiger partial charge in [-0.25, -0.2) is 8.42 Å². The van der Waals surface area contributed by atoms with Crippen molar-refractivity contribution in [1.82, 2.24) is 10.2 Å². The van der Waals surface area contributed by atoms with E-state index >= 15 is 0 Å². The van der Waals surface area contributed by atoms with Crippen molar-refractivity contribution in [3.8, 4) is 0 Å². The van der Waals surface area contributed by atoms with E-state index in [9.17, 15) is 18.0 Å². The molecule has 208 valence electrons. The topological polar surface area (TPSA) is 86.8 Å². The fourth-order valence-corrected chi connectivity index (χ4v) is 5.79. The highest BCUT2D eigenvalue weighted by Crippen LogP contribution is 2.28. The number of carbonyl (C=O) groups excluding carboxylic acids is 2. The Hall–Kier alpha value is -3.07. The molecule has 3 rings (SSSR count). The molecule has 0 saturated carbocycles. The van der Waals surface area contributed by atoms with Crippen molar-refractivity contribution >= 4 is 50.7 Å². The van der Waals surface area contributed by atoms with Gasteiger partial charge < -0.3 is 10.2 Å². The second-order valence-corrected chi connectivity index (χ2v) is 12.1. The standard InChI is InChI=1S/C29H33Cl2N3O4S/c1-5-21(3)32-29(36)22(4)33(18-25-26(30)12-9-13-27(25)31)28(35)19-34(23-10-7-6-8-11-23)39(37,38)24-16-14-20(2)15-17-24/h6-17,21-22H,5,18-19H2,1-4H3,(H,32,36)/t21-,22-/m0/s1. The van der Waals surface area contributed by atoms with E-state index in [0.717, 1.165) is 9.87 Å². The number of nitrogens with one attached hydrogen (secondary N) is 1. The van der Waals surface area contributed by atoms with Crippen LogP contribution in [0.2, 0.25) is 10.0 Å². The van der Waals surface area contributed by atoms with Gasteiger partial charge in [0.1, 0.15) is 12.6 Å². The number of benzene rings is 3. The summed E-state index contributed by atoms with van der Waals surface area (Å²) in [6.07, 6.45) is 0.708. The highest BCUT2D eigenvalue weighted by atomic mass is 35.5. The zero-order valence-corrected chi connectivity index (χ0v) is 24.7. The summed E-state index contributed by atoms with van der Waals surface area (Å²) in [6, 6.07) is 18.7. The monoisotopic (exact) mass is 589 g/mol. The molecule has 0 aliphatic rings. The van der Waals surface area contributed by atoms with Crippen LogP contribution in [0.15, 0.2) is 77.7 Å². The number of nitrogens with zero attached hydrogens (tertiary/aromatic N) is 2. The molecule has 0 radical (unpaired) electrons. The molecule has 0 spiro atoms. The van der Waals surface area contributed by atoms with E-state index in [2.05, 4.69) is 5.32 Å². The molecule has 0 bridgehead atoms. The van der Waals surface area contributed by atoms with Crippen molar-refractivity contribution in [1.29, 1.82) is 0 Å². The Morgan fingerprint density at radius 2 is 1.49 bits per heavy atom. The zero-order chi connectivity index (χ0) is 28.7. The summed E-state index contributed by atoms with van der Waals surface area (Å²) in [6.45, 7) is 6.64. The molecule has 0 unspecified atom stereocenters. The van der Waals surface area contributed by atoms with Gasteiger partial charge in [0, 0.05) is 28.2 Å². The smallest absolute Gasteiger partial charge is 0.264 e. The number of aryl methyl sites for hydroxylation is 1. The van der Waals surface area contributed by atoms with Gasteiger partial charge in [-0.2, -0.15) is 0 Å². The molecule has 2 atom stereocenters. The lowest BCUT2D eigenvalue weighted by Crippen LogP contribution is -2.52. The van der Waals surface area contributed by atoms with E-state index in [-0.39, 0.29) is 23.4 Å². The number of amides is 2. The number of para-hydroxylation sites is 1. The van der Waals surface area contributed by atoms with Crippen molar-refractivity contribution in [2.24, 2.45) is 0 Å². The Balaban J connectivity index is 2.04. The fourth-order valence-electron chi connectivity index (χ4n) is 3.86. The van der Waals surface area contributed by atoms with E-state index < -0.39 is 28.5 Å². The average Bonchev–Trinajstić information content (AvgIpc) is 2.91. The lowest BCUT2D eigenvalue weighted by atomic mass is 10.1. The predicted octanol–water partition coefficient (Wildman–Crippen LogP) is 5.83. The predicted molar refractivity (Wildman–Crippen MR) is 157 cm³/mol. The highest BCUT2D eigenvalue weighted by molar-refractivity contribution is 7.92. The second kappa shape index (κ2) is 13.3. The Labute approximate surface area is 240 Å². The number of anilines is 1. The first-order valence-corrected chi connectivity index (χ1v) is 14.8. The average molecular weight is 591 g/mol. The van der Waals surface area contributed by atoms with Gasteiger partial charge in [0.2, 0.25) is 11.8 Å². The van der Waals surface area contributed by atoms with Crippen LogP contribution in [0.5, 0.6) is 0 Å². The van der Waals surface area contributed by atoms with Gasteiger partial charge in [0.25, 0.3) is 10.0 Å². The minimum Gasteiger partial charge on any atom is -0.352 e. The molecule has 0 heterocycles.